The highest BCUT2D eigenvalue weighted by molar-refractivity contribution is 9.10. The predicted molar refractivity (Wildman–Crippen MR) is 84.1 cm³/mol. The molecular weight excluding hydrogens is 323 g/mol. The SMILES string of the molecule is CCOc1cc(Nc2cccc(C)c2Br)c(N)cc1F. The molecule has 0 aliphatic heterocycles. The predicted octanol–water partition coefficient (Wildman–Crippen LogP) is 4.62. The molecule has 0 spiro atoms. The number of halogens is 2. The van der Waals surface area contributed by atoms with E-state index >= 15 is 0 Å². The molecule has 0 saturated carbocycles. The summed E-state index contributed by atoms with van der Waals surface area (Å²) < 4.78 is 19.8. The van der Waals surface area contributed by atoms with Gasteiger partial charge in [0.15, 0.2) is 11.6 Å². The van der Waals surface area contributed by atoms with Gasteiger partial charge in [0.25, 0.3) is 0 Å². The lowest BCUT2D eigenvalue weighted by Gasteiger charge is -2.14. The summed E-state index contributed by atoms with van der Waals surface area (Å²) in [6.07, 6.45) is 0. The summed E-state index contributed by atoms with van der Waals surface area (Å²) in [5, 5.41) is 3.19. The molecule has 0 aliphatic rings. The van der Waals surface area contributed by atoms with Gasteiger partial charge in [-0.05, 0) is 41.4 Å². The Labute approximate surface area is 126 Å². The molecule has 2 aromatic rings. The van der Waals surface area contributed by atoms with Crippen LogP contribution < -0.4 is 15.8 Å². The second-order valence-electron chi connectivity index (χ2n) is 4.36. The molecule has 0 bridgehead atoms. The van der Waals surface area contributed by atoms with E-state index in [0.29, 0.717) is 18.0 Å². The zero-order chi connectivity index (χ0) is 14.7. The minimum Gasteiger partial charge on any atom is -0.491 e. The highest BCUT2D eigenvalue weighted by Crippen LogP contribution is 2.34. The monoisotopic (exact) mass is 338 g/mol. The number of nitrogens with two attached hydrogens (primary N) is 1. The van der Waals surface area contributed by atoms with E-state index in [9.17, 15) is 4.39 Å². The van der Waals surface area contributed by atoms with Crippen LogP contribution in [0.4, 0.5) is 21.5 Å². The second-order valence-corrected chi connectivity index (χ2v) is 5.16. The summed E-state index contributed by atoms with van der Waals surface area (Å²) in [6.45, 7) is 4.20. The Bertz CT molecular complexity index is 632. The Morgan fingerprint density at radius 2 is 2.05 bits per heavy atom. The van der Waals surface area contributed by atoms with E-state index in [0.717, 1.165) is 15.7 Å². The van der Waals surface area contributed by atoms with Crippen LogP contribution in [0.25, 0.3) is 0 Å². The topological polar surface area (TPSA) is 47.3 Å². The van der Waals surface area contributed by atoms with Crippen molar-refractivity contribution in [1.29, 1.82) is 0 Å². The van der Waals surface area contributed by atoms with Crippen molar-refractivity contribution in [2.75, 3.05) is 17.7 Å². The summed E-state index contributed by atoms with van der Waals surface area (Å²) in [7, 11) is 0. The Balaban J connectivity index is 2.38. The molecule has 0 atom stereocenters. The van der Waals surface area contributed by atoms with Gasteiger partial charge in [-0.3, -0.25) is 0 Å². The largest absolute Gasteiger partial charge is 0.491 e. The van der Waals surface area contributed by atoms with Crippen LogP contribution in [0.1, 0.15) is 12.5 Å². The summed E-state index contributed by atoms with van der Waals surface area (Å²) >= 11 is 3.52. The maximum absolute atomic E-state index is 13.7. The normalized spacial score (nSPS) is 10.4. The van der Waals surface area contributed by atoms with Gasteiger partial charge in [-0.15, -0.1) is 0 Å². The molecule has 2 aromatic carbocycles. The third-order valence-corrected chi connectivity index (χ3v) is 3.92. The van der Waals surface area contributed by atoms with Gasteiger partial charge < -0.3 is 15.8 Å². The average molecular weight is 339 g/mol. The van der Waals surface area contributed by atoms with Crippen molar-refractivity contribution in [2.24, 2.45) is 0 Å². The van der Waals surface area contributed by atoms with Gasteiger partial charge in [0, 0.05) is 16.6 Å². The third-order valence-electron chi connectivity index (χ3n) is 2.87. The van der Waals surface area contributed by atoms with Gasteiger partial charge in [0.05, 0.1) is 23.7 Å². The molecule has 0 amide bonds. The van der Waals surface area contributed by atoms with Crippen LogP contribution >= 0.6 is 15.9 Å². The van der Waals surface area contributed by atoms with E-state index in [4.69, 9.17) is 10.5 Å². The molecule has 2 rings (SSSR count). The summed E-state index contributed by atoms with van der Waals surface area (Å²) in [6, 6.07) is 8.68. The van der Waals surface area contributed by atoms with Crippen LogP contribution in [0, 0.1) is 12.7 Å². The third kappa shape index (κ3) is 3.04. The Kier molecular flexibility index (Phi) is 4.49. The number of hydrogen-bond donors (Lipinski definition) is 2. The average Bonchev–Trinajstić information content (AvgIpc) is 2.40. The van der Waals surface area contributed by atoms with Crippen molar-refractivity contribution in [2.45, 2.75) is 13.8 Å². The first-order valence-corrected chi connectivity index (χ1v) is 7.06. The van der Waals surface area contributed by atoms with Gasteiger partial charge in [-0.25, -0.2) is 4.39 Å². The maximum Gasteiger partial charge on any atom is 0.167 e. The lowest BCUT2D eigenvalue weighted by atomic mass is 10.2. The number of nitrogens with one attached hydrogen (secondary N) is 1. The van der Waals surface area contributed by atoms with Crippen LogP contribution in [0.5, 0.6) is 5.75 Å². The van der Waals surface area contributed by atoms with Gasteiger partial charge in [0.2, 0.25) is 0 Å². The van der Waals surface area contributed by atoms with Crippen molar-refractivity contribution < 1.29 is 9.13 Å². The molecule has 20 heavy (non-hydrogen) atoms. The summed E-state index contributed by atoms with van der Waals surface area (Å²) in [5.41, 5.74) is 8.76. The maximum atomic E-state index is 13.7. The molecule has 0 heterocycles. The van der Waals surface area contributed by atoms with Gasteiger partial charge in [-0.2, -0.15) is 0 Å². The van der Waals surface area contributed by atoms with E-state index in [1.807, 2.05) is 25.1 Å². The van der Waals surface area contributed by atoms with E-state index in [1.165, 1.54) is 6.07 Å². The lowest BCUT2D eigenvalue weighted by molar-refractivity contribution is 0.322. The molecule has 0 radical (unpaired) electrons. The smallest absolute Gasteiger partial charge is 0.167 e. The number of benzene rings is 2. The van der Waals surface area contributed by atoms with E-state index in [2.05, 4.69) is 21.2 Å². The number of aryl methyl sites for hydroxylation is 1. The molecule has 5 heteroatoms. The van der Waals surface area contributed by atoms with Gasteiger partial charge >= 0.3 is 0 Å². The molecular formula is C15H16BrFN2O. The Hall–Kier alpha value is -1.75. The first-order chi connectivity index (χ1) is 9.52. The number of anilines is 3. The molecule has 3 N–H and O–H groups in total. The molecule has 0 aliphatic carbocycles. The molecule has 106 valence electrons. The van der Waals surface area contributed by atoms with Crippen LogP contribution in [0.2, 0.25) is 0 Å². The van der Waals surface area contributed by atoms with Crippen LogP contribution in [-0.4, -0.2) is 6.61 Å². The molecule has 0 unspecified atom stereocenters. The Morgan fingerprint density at radius 1 is 1.30 bits per heavy atom. The number of ether oxygens (including phenoxy) is 1. The van der Waals surface area contributed by atoms with E-state index in [-0.39, 0.29) is 5.75 Å². The first kappa shape index (κ1) is 14.7. The fourth-order valence-electron chi connectivity index (χ4n) is 1.83. The van der Waals surface area contributed by atoms with E-state index < -0.39 is 5.82 Å². The zero-order valence-electron chi connectivity index (χ0n) is 11.3. The summed E-state index contributed by atoms with van der Waals surface area (Å²) in [4.78, 5) is 0. The number of hydrogen-bond acceptors (Lipinski definition) is 3. The molecule has 0 saturated heterocycles. The lowest BCUT2D eigenvalue weighted by Crippen LogP contribution is -2.01. The van der Waals surface area contributed by atoms with Gasteiger partial charge in [0.1, 0.15) is 0 Å². The fraction of sp³-hybridized carbons (Fsp3) is 0.200. The summed E-state index contributed by atoms with van der Waals surface area (Å²) in [5.74, 6) is -0.272. The molecule has 3 nitrogen and oxygen atoms in total. The molecule has 0 aromatic heterocycles. The molecule has 0 fully saturated rings. The van der Waals surface area contributed by atoms with E-state index in [1.54, 1.807) is 13.0 Å². The van der Waals surface area contributed by atoms with Crippen molar-refractivity contribution in [3.8, 4) is 5.75 Å². The standard InChI is InChI=1S/C15H16BrFN2O/c1-3-20-14-8-13(11(18)7-10(14)17)19-12-6-4-5-9(2)15(12)16/h4-8,19H,3,18H2,1-2H3. The number of nitrogen functional groups attached to an aromatic ring is 1. The van der Waals surface area contributed by atoms with Crippen LogP contribution in [0.3, 0.4) is 0 Å². The van der Waals surface area contributed by atoms with Gasteiger partial charge in [-0.1, -0.05) is 12.1 Å². The van der Waals surface area contributed by atoms with Crippen LogP contribution in [-0.2, 0) is 0 Å². The Morgan fingerprint density at radius 3 is 2.75 bits per heavy atom. The fourth-order valence-corrected chi connectivity index (χ4v) is 2.20. The highest BCUT2D eigenvalue weighted by atomic mass is 79.9. The van der Waals surface area contributed by atoms with Crippen molar-refractivity contribution in [3.63, 3.8) is 0 Å². The number of rotatable bonds is 4. The first-order valence-electron chi connectivity index (χ1n) is 6.27. The van der Waals surface area contributed by atoms with Crippen LogP contribution in [0.15, 0.2) is 34.8 Å². The highest BCUT2D eigenvalue weighted by Gasteiger charge is 2.10. The second kappa shape index (κ2) is 6.13. The van der Waals surface area contributed by atoms with Crippen molar-refractivity contribution in [1.82, 2.24) is 0 Å². The van der Waals surface area contributed by atoms with Crippen molar-refractivity contribution in [3.05, 3.63) is 46.2 Å². The quantitative estimate of drug-likeness (QED) is 0.799. The van der Waals surface area contributed by atoms with Crippen molar-refractivity contribution >= 4 is 33.0 Å². The zero-order valence-corrected chi connectivity index (χ0v) is 12.9. The minimum atomic E-state index is -0.460. The minimum absolute atomic E-state index is 0.188.